The quantitative estimate of drug-likeness (QED) is 0.0582. The Balaban J connectivity index is -0.000000845. The molecule has 0 aliphatic heterocycles. The SMILES string of the molecule is CC/C=C/C/C=C/C/C=C/C/C=C/C/C=C/C/C=C/CCC(=O)[O-].CC/C=C/C/C=C/C/C=C/C/C=C/C/C=C/C/C=C/CCC(=O)[O-].O=C([O-])c1cccnc1.[Al+3]. The van der Waals surface area contributed by atoms with Gasteiger partial charge in [-0.05, 0) is 109 Å². The molecule has 0 saturated carbocycles. The van der Waals surface area contributed by atoms with Gasteiger partial charge in [-0.1, -0.05) is 166 Å². The van der Waals surface area contributed by atoms with E-state index in [-0.39, 0.29) is 35.8 Å². The average Bonchev–Trinajstić information content (AvgIpc) is 3.20. The summed E-state index contributed by atoms with van der Waals surface area (Å²) >= 11 is 0. The summed E-state index contributed by atoms with van der Waals surface area (Å²) in [6.07, 6.45) is 67.0. The van der Waals surface area contributed by atoms with E-state index in [1.807, 2.05) is 24.3 Å². The second-order valence-electron chi connectivity index (χ2n) is 12.2. The van der Waals surface area contributed by atoms with Gasteiger partial charge in [-0.2, -0.15) is 0 Å². The van der Waals surface area contributed by atoms with Crippen molar-refractivity contribution in [1.29, 1.82) is 0 Å². The number of pyridine rings is 1. The van der Waals surface area contributed by atoms with Gasteiger partial charge in [0.25, 0.3) is 0 Å². The Morgan fingerprint density at radius 3 is 0.897 bits per heavy atom. The number of carbonyl (C=O) groups is 3. The van der Waals surface area contributed by atoms with Gasteiger partial charge in [-0.25, -0.2) is 0 Å². The molecule has 0 atom stereocenters. The standard InChI is InChI=1S/2C22H32O2.C6H5NO2.Al/c2*1-2-3-4-5-6-7-8-9-10-11-12-13-14-15-16-17-18-19-20-21-22(23)24;8-6(9)5-2-1-3-7-4-5;/h2*3-4,6-7,9-10,12-13,15-16,18-19H,2,5,8,11,14,17,20-21H2,1H3,(H,23,24);1-4H,(H,8,9);/q;;;+3/p-3/b2*4-3+,7-6+,10-9+,13-12+,16-15+,19-18+;;. The molecule has 0 aliphatic rings. The summed E-state index contributed by atoms with van der Waals surface area (Å²) in [6.45, 7) is 4.29. The topological polar surface area (TPSA) is 133 Å². The van der Waals surface area contributed by atoms with Gasteiger partial charge in [-0.3, -0.25) is 4.98 Å². The Kier molecular flexibility index (Phi) is 49.4. The Labute approximate surface area is 361 Å². The molecule has 0 amide bonds. The fourth-order valence-electron chi connectivity index (χ4n) is 4.17. The van der Waals surface area contributed by atoms with Crippen molar-refractivity contribution >= 4 is 35.3 Å². The molecule has 0 aliphatic carbocycles. The van der Waals surface area contributed by atoms with Crippen LogP contribution in [0.2, 0.25) is 0 Å². The van der Waals surface area contributed by atoms with Crippen molar-refractivity contribution in [2.75, 3.05) is 0 Å². The Morgan fingerprint density at radius 1 is 0.448 bits per heavy atom. The van der Waals surface area contributed by atoms with Crippen molar-refractivity contribution in [1.82, 2.24) is 4.98 Å². The molecule has 0 bridgehead atoms. The third-order valence-corrected chi connectivity index (χ3v) is 7.12. The van der Waals surface area contributed by atoms with Crippen molar-refractivity contribution in [3.63, 3.8) is 0 Å². The molecule has 1 heterocycles. The number of nitrogens with zero attached hydrogens (tertiary/aromatic N) is 1. The van der Waals surface area contributed by atoms with Crippen LogP contribution >= 0.6 is 0 Å². The number of aromatic carboxylic acids is 1. The van der Waals surface area contributed by atoms with Gasteiger partial charge in [0.15, 0.2) is 0 Å². The molecule has 0 unspecified atom stereocenters. The van der Waals surface area contributed by atoms with Gasteiger partial charge in [0.05, 0.1) is 5.97 Å². The average molecular weight is 804 g/mol. The molecule has 1 aromatic heterocycles. The van der Waals surface area contributed by atoms with Crippen LogP contribution in [0.15, 0.2) is 170 Å². The molecular weight excluding hydrogens is 738 g/mol. The smallest absolute Gasteiger partial charge is 0.550 e. The fourth-order valence-corrected chi connectivity index (χ4v) is 4.17. The number of carbonyl (C=O) groups excluding carboxylic acids is 3. The zero-order chi connectivity index (χ0) is 42.1. The summed E-state index contributed by atoms with van der Waals surface area (Å²) in [7, 11) is 0. The van der Waals surface area contributed by atoms with Crippen molar-refractivity contribution in [3.05, 3.63) is 176 Å². The number of hydrogen-bond donors (Lipinski definition) is 0. The van der Waals surface area contributed by atoms with E-state index in [1.165, 1.54) is 18.5 Å². The molecular formula is C50H66AlNO6. The Bertz CT molecular complexity index is 1400. The van der Waals surface area contributed by atoms with Crippen LogP contribution < -0.4 is 15.3 Å². The maximum absolute atomic E-state index is 10.2. The summed E-state index contributed by atoms with van der Waals surface area (Å²) in [4.78, 5) is 34.0. The fraction of sp³-hybridized carbons (Fsp3) is 0.360. The van der Waals surface area contributed by atoms with E-state index in [1.54, 1.807) is 6.07 Å². The first-order valence-corrected chi connectivity index (χ1v) is 20.2. The summed E-state index contributed by atoms with van der Waals surface area (Å²) in [6, 6.07) is 2.98. The summed E-state index contributed by atoms with van der Waals surface area (Å²) < 4.78 is 0. The van der Waals surface area contributed by atoms with Crippen LogP contribution in [0.1, 0.15) is 127 Å². The number of rotatable bonds is 29. The van der Waals surface area contributed by atoms with E-state index < -0.39 is 17.9 Å². The molecule has 58 heavy (non-hydrogen) atoms. The molecule has 0 aromatic carbocycles. The Hall–Kier alpha value is -5.03. The van der Waals surface area contributed by atoms with Gasteiger partial charge in [-0.15, -0.1) is 0 Å². The molecule has 1 rings (SSSR count). The normalized spacial score (nSPS) is 12.2. The van der Waals surface area contributed by atoms with Crippen molar-refractivity contribution in [2.24, 2.45) is 0 Å². The third-order valence-electron chi connectivity index (χ3n) is 7.12. The minimum absolute atomic E-state index is 0. The van der Waals surface area contributed by atoms with Crippen LogP contribution in [0.5, 0.6) is 0 Å². The van der Waals surface area contributed by atoms with E-state index in [2.05, 4.69) is 140 Å². The number of allylic oxidation sites excluding steroid dienone is 24. The zero-order valence-corrected chi connectivity index (χ0v) is 36.1. The molecule has 7 nitrogen and oxygen atoms in total. The number of aromatic nitrogens is 1. The minimum Gasteiger partial charge on any atom is -0.550 e. The molecule has 0 fully saturated rings. The predicted molar refractivity (Wildman–Crippen MR) is 239 cm³/mol. The van der Waals surface area contributed by atoms with Gasteiger partial charge in [0.2, 0.25) is 0 Å². The van der Waals surface area contributed by atoms with Crippen LogP contribution in [0.25, 0.3) is 0 Å². The monoisotopic (exact) mass is 803 g/mol. The van der Waals surface area contributed by atoms with Crippen LogP contribution in [-0.2, 0) is 9.59 Å². The first-order chi connectivity index (χ1) is 27.8. The number of carboxylic acid groups (broad SMARTS) is 3. The summed E-state index contributed by atoms with van der Waals surface area (Å²) in [5.41, 5.74) is 0.109. The van der Waals surface area contributed by atoms with Crippen LogP contribution in [0.4, 0.5) is 0 Å². The van der Waals surface area contributed by atoms with E-state index in [4.69, 9.17) is 0 Å². The van der Waals surface area contributed by atoms with Crippen molar-refractivity contribution in [3.8, 4) is 0 Å². The maximum Gasteiger partial charge on any atom is 3.00 e. The van der Waals surface area contributed by atoms with Crippen LogP contribution in [-0.4, -0.2) is 40.3 Å². The second kappa shape index (κ2) is 50.0. The first kappa shape index (κ1) is 57.3. The number of hydrogen-bond acceptors (Lipinski definition) is 7. The van der Waals surface area contributed by atoms with Gasteiger partial charge in [0.1, 0.15) is 0 Å². The van der Waals surface area contributed by atoms with Crippen molar-refractivity contribution < 1.29 is 29.7 Å². The molecule has 0 radical (unpaired) electrons. The predicted octanol–water partition coefficient (Wildman–Crippen LogP) is 9.49. The first-order valence-electron chi connectivity index (χ1n) is 20.2. The zero-order valence-electron chi connectivity index (χ0n) is 35.0. The van der Waals surface area contributed by atoms with Crippen molar-refractivity contribution in [2.45, 2.75) is 117 Å². The molecule has 0 saturated heterocycles. The third kappa shape index (κ3) is 53.1. The number of carboxylic acids is 3. The summed E-state index contributed by atoms with van der Waals surface area (Å²) in [5, 5.41) is 30.5. The Morgan fingerprint density at radius 2 is 0.707 bits per heavy atom. The van der Waals surface area contributed by atoms with Gasteiger partial charge < -0.3 is 29.7 Å². The van der Waals surface area contributed by atoms with E-state index in [0.29, 0.717) is 12.8 Å². The largest absolute Gasteiger partial charge is 3.00 e. The van der Waals surface area contributed by atoms with Gasteiger partial charge in [0, 0.05) is 29.9 Å². The van der Waals surface area contributed by atoms with E-state index >= 15 is 0 Å². The van der Waals surface area contributed by atoms with E-state index in [0.717, 1.165) is 77.0 Å². The van der Waals surface area contributed by atoms with E-state index in [9.17, 15) is 29.7 Å². The summed E-state index contributed by atoms with van der Waals surface area (Å²) in [5.74, 6) is -3.17. The van der Waals surface area contributed by atoms with Crippen LogP contribution in [0.3, 0.4) is 0 Å². The van der Waals surface area contributed by atoms with Crippen LogP contribution in [0, 0.1) is 0 Å². The second-order valence-corrected chi connectivity index (χ2v) is 12.2. The molecule has 1 aromatic rings. The molecule has 0 N–H and O–H groups in total. The molecule has 8 heteroatoms. The maximum atomic E-state index is 10.2. The number of aliphatic carboxylic acids is 2. The van der Waals surface area contributed by atoms with Gasteiger partial charge >= 0.3 is 17.4 Å². The molecule has 310 valence electrons. The minimum atomic E-state index is -1.19. The molecule has 0 spiro atoms.